The molecule has 1 aliphatic heterocycles. The summed E-state index contributed by atoms with van der Waals surface area (Å²) in [5.74, 6) is 0. The number of allylic oxidation sites excluding steroid dienone is 2. The highest BCUT2D eigenvalue weighted by atomic mass is 14.9. The minimum atomic E-state index is 0.660. The van der Waals surface area contributed by atoms with Gasteiger partial charge in [-0.1, -0.05) is 12.2 Å². The van der Waals surface area contributed by atoms with Crippen LogP contribution in [0.15, 0.2) is 12.2 Å². The molecule has 1 saturated heterocycles. The SMILES string of the molecule is C1=CCC2(CCC1)CCNC2. The zero-order valence-corrected chi connectivity index (χ0v) is 7.10. The summed E-state index contributed by atoms with van der Waals surface area (Å²) in [5.41, 5.74) is 0.660. The Morgan fingerprint density at radius 2 is 2.18 bits per heavy atom. The zero-order valence-electron chi connectivity index (χ0n) is 7.10. The van der Waals surface area contributed by atoms with E-state index in [9.17, 15) is 0 Å². The fourth-order valence-electron chi connectivity index (χ4n) is 2.33. The summed E-state index contributed by atoms with van der Waals surface area (Å²) >= 11 is 0. The molecular weight excluding hydrogens is 134 g/mol. The lowest BCUT2D eigenvalue weighted by Crippen LogP contribution is -2.22. The van der Waals surface area contributed by atoms with Gasteiger partial charge >= 0.3 is 0 Å². The van der Waals surface area contributed by atoms with Gasteiger partial charge < -0.3 is 5.32 Å². The summed E-state index contributed by atoms with van der Waals surface area (Å²) in [6.45, 7) is 2.51. The molecule has 2 aliphatic rings. The van der Waals surface area contributed by atoms with Gasteiger partial charge in [0.15, 0.2) is 0 Å². The van der Waals surface area contributed by atoms with Crippen molar-refractivity contribution in [1.29, 1.82) is 0 Å². The molecule has 0 saturated carbocycles. The van der Waals surface area contributed by atoms with E-state index in [1.54, 1.807) is 0 Å². The Balaban J connectivity index is 2.04. The Hall–Kier alpha value is -0.300. The minimum absolute atomic E-state index is 0.660. The Morgan fingerprint density at radius 1 is 1.18 bits per heavy atom. The van der Waals surface area contributed by atoms with E-state index in [2.05, 4.69) is 17.5 Å². The van der Waals surface area contributed by atoms with E-state index in [1.165, 1.54) is 45.2 Å². The van der Waals surface area contributed by atoms with Crippen LogP contribution < -0.4 is 5.32 Å². The van der Waals surface area contributed by atoms with Gasteiger partial charge in [-0.2, -0.15) is 0 Å². The molecule has 0 aromatic heterocycles. The van der Waals surface area contributed by atoms with Gasteiger partial charge in [0.05, 0.1) is 0 Å². The Bertz CT molecular complexity index is 154. The van der Waals surface area contributed by atoms with Crippen LogP contribution in [0.3, 0.4) is 0 Å². The van der Waals surface area contributed by atoms with Gasteiger partial charge in [0.25, 0.3) is 0 Å². The van der Waals surface area contributed by atoms with Crippen LogP contribution >= 0.6 is 0 Å². The van der Waals surface area contributed by atoms with Crippen molar-refractivity contribution in [2.45, 2.75) is 32.1 Å². The first-order valence-electron chi connectivity index (χ1n) is 4.77. The largest absolute Gasteiger partial charge is 0.316 e. The fraction of sp³-hybridized carbons (Fsp3) is 0.800. The average molecular weight is 151 g/mol. The van der Waals surface area contributed by atoms with E-state index in [-0.39, 0.29) is 0 Å². The van der Waals surface area contributed by atoms with E-state index >= 15 is 0 Å². The van der Waals surface area contributed by atoms with Crippen LogP contribution in [0.1, 0.15) is 32.1 Å². The standard InChI is InChI=1S/C10H17N/c1-2-4-6-10(5-3-1)7-8-11-9-10/h1,3,11H,2,4-9H2. The molecular formula is C10H17N. The number of nitrogens with one attached hydrogen (secondary N) is 1. The molecule has 1 unspecified atom stereocenters. The van der Waals surface area contributed by atoms with Gasteiger partial charge in [0.1, 0.15) is 0 Å². The Morgan fingerprint density at radius 3 is 3.00 bits per heavy atom. The highest BCUT2D eigenvalue weighted by Gasteiger charge is 2.32. The second-order valence-corrected chi connectivity index (χ2v) is 3.99. The molecule has 2 rings (SSSR count). The maximum absolute atomic E-state index is 3.48. The van der Waals surface area contributed by atoms with E-state index in [4.69, 9.17) is 0 Å². The Kier molecular flexibility index (Phi) is 1.99. The van der Waals surface area contributed by atoms with Crippen molar-refractivity contribution in [1.82, 2.24) is 5.32 Å². The molecule has 1 heterocycles. The number of rotatable bonds is 0. The van der Waals surface area contributed by atoms with Crippen molar-refractivity contribution in [3.63, 3.8) is 0 Å². The molecule has 0 amide bonds. The van der Waals surface area contributed by atoms with Gasteiger partial charge in [-0.05, 0) is 44.1 Å². The number of hydrogen-bond acceptors (Lipinski definition) is 1. The molecule has 62 valence electrons. The summed E-state index contributed by atoms with van der Waals surface area (Å²) < 4.78 is 0. The third kappa shape index (κ3) is 1.48. The van der Waals surface area contributed by atoms with Crippen molar-refractivity contribution >= 4 is 0 Å². The average Bonchev–Trinajstić information content (AvgIpc) is 2.32. The van der Waals surface area contributed by atoms with Gasteiger partial charge in [-0.25, -0.2) is 0 Å². The molecule has 0 radical (unpaired) electrons. The van der Waals surface area contributed by atoms with Crippen molar-refractivity contribution in [3.8, 4) is 0 Å². The second-order valence-electron chi connectivity index (χ2n) is 3.99. The lowest BCUT2D eigenvalue weighted by molar-refractivity contribution is 0.298. The van der Waals surface area contributed by atoms with Crippen LogP contribution in [-0.4, -0.2) is 13.1 Å². The van der Waals surface area contributed by atoms with Crippen molar-refractivity contribution < 1.29 is 0 Å². The lowest BCUT2D eigenvalue weighted by atomic mass is 9.80. The van der Waals surface area contributed by atoms with E-state index < -0.39 is 0 Å². The summed E-state index contributed by atoms with van der Waals surface area (Å²) in [4.78, 5) is 0. The molecule has 0 aromatic carbocycles. The molecule has 1 aliphatic carbocycles. The summed E-state index contributed by atoms with van der Waals surface area (Å²) in [6, 6.07) is 0. The molecule has 1 heteroatoms. The minimum Gasteiger partial charge on any atom is -0.316 e. The maximum Gasteiger partial charge on any atom is 0.00113 e. The van der Waals surface area contributed by atoms with Crippen LogP contribution in [0.4, 0.5) is 0 Å². The molecule has 0 bridgehead atoms. The zero-order chi connectivity index (χ0) is 7.57. The number of hydrogen-bond donors (Lipinski definition) is 1. The highest BCUT2D eigenvalue weighted by molar-refractivity contribution is 4.98. The van der Waals surface area contributed by atoms with Crippen molar-refractivity contribution in [2.24, 2.45) is 5.41 Å². The monoisotopic (exact) mass is 151 g/mol. The molecule has 1 fully saturated rings. The van der Waals surface area contributed by atoms with E-state index in [1.807, 2.05) is 0 Å². The normalized spacial score (nSPS) is 37.8. The van der Waals surface area contributed by atoms with Crippen LogP contribution in [0.5, 0.6) is 0 Å². The third-order valence-corrected chi connectivity index (χ3v) is 3.13. The molecule has 1 spiro atoms. The maximum atomic E-state index is 3.48. The fourth-order valence-corrected chi connectivity index (χ4v) is 2.33. The van der Waals surface area contributed by atoms with Crippen LogP contribution in [0, 0.1) is 5.41 Å². The van der Waals surface area contributed by atoms with E-state index in [0.29, 0.717) is 5.41 Å². The van der Waals surface area contributed by atoms with Crippen molar-refractivity contribution in [3.05, 3.63) is 12.2 Å². The van der Waals surface area contributed by atoms with Crippen molar-refractivity contribution in [2.75, 3.05) is 13.1 Å². The summed E-state index contributed by atoms with van der Waals surface area (Å²) in [7, 11) is 0. The first-order valence-corrected chi connectivity index (χ1v) is 4.77. The highest BCUT2D eigenvalue weighted by Crippen LogP contribution is 2.37. The molecule has 11 heavy (non-hydrogen) atoms. The van der Waals surface area contributed by atoms with Gasteiger partial charge in [0.2, 0.25) is 0 Å². The first kappa shape index (κ1) is 7.35. The third-order valence-electron chi connectivity index (χ3n) is 3.13. The van der Waals surface area contributed by atoms with Crippen LogP contribution in [0.2, 0.25) is 0 Å². The smallest absolute Gasteiger partial charge is 0.00113 e. The molecule has 1 nitrogen and oxygen atoms in total. The van der Waals surface area contributed by atoms with Gasteiger partial charge in [0, 0.05) is 6.54 Å². The van der Waals surface area contributed by atoms with Gasteiger partial charge in [-0.15, -0.1) is 0 Å². The molecule has 0 aromatic rings. The van der Waals surface area contributed by atoms with Crippen LogP contribution in [-0.2, 0) is 0 Å². The molecule has 1 atom stereocenters. The second kappa shape index (κ2) is 2.98. The van der Waals surface area contributed by atoms with Crippen LogP contribution in [0.25, 0.3) is 0 Å². The van der Waals surface area contributed by atoms with E-state index in [0.717, 1.165) is 0 Å². The Labute approximate surface area is 68.9 Å². The predicted octanol–water partition coefficient (Wildman–Crippen LogP) is 2.10. The quantitative estimate of drug-likeness (QED) is 0.523. The summed E-state index contributed by atoms with van der Waals surface area (Å²) in [6.07, 6.45) is 11.6. The predicted molar refractivity (Wildman–Crippen MR) is 47.5 cm³/mol. The summed E-state index contributed by atoms with van der Waals surface area (Å²) in [5, 5.41) is 3.48. The lowest BCUT2D eigenvalue weighted by Gasteiger charge is -2.25. The van der Waals surface area contributed by atoms with Gasteiger partial charge in [-0.3, -0.25) is 0 Å². The first-order chi connectivity index (χ1) is 5.41. The topological polar surface area (TPSA) is 12.0 Å². The molecule has 1 N–H and O–H groups in total.